The summed E-state index contributed by atoms with van der Waals surface area (Å²) in [5, 5.41) is 4.91. The summed E-state index contributed by atoms with van der Waals surface area (Å²) in [6, 6.07) is 16.3. The fourth-order valence-electron chi connectivity index (χ4n) is 3.01. The molecule has 0 spiro atoms. The van der Waals surface area contributed by atoms with Crippen LogP contribution in [0.4, 0.5) is 11.4 Å². The van der Waals surface area contributed by atoms with Crippen molar-refractivity contribution in [3.8, 4) is 0 Å². The second kappa shape index (κ2) is 6.79. The Bertz CT molecular complexity index is 1230. The van der Waals surface area contributed by atoms with E-state index < -0.39 is 10.0 Å². The van der Waals surface area contributed by atoms with E-state index in [4.69, 9.17) is 0 Å². The van der Waals surface area contributed by atoms with Gasteiger partial charge in [-0.15, -0.1) is 0 Å². The molecule has 1 heterocycles. The van der Waals surface area contributed by atoms with Gasteiger partial charge in [0, 0.05) is 22.5 Å². The summed E-state index contributed by atoms with van der Waals surface area (Å²) in [6.07, 6.45) is 0. The average molecular weight is 399 g/mol. The Morgan fingerprint density at radius 2 is 1.67 bits per heavy atom. The lowest BCUT2D eigenvalue weighted by Crippen LogP contribution is -2.14. The van der Waals surface area contributed by atoms with Gasteiger partial charge in [0.25, 0.3) is 10.0 Å². The fourth-order valence-corrected chi connectivity index (χ4v) is 4.80. The Labute approximate surface area is 161 Å². The van der Waals surface area contributed by atoms with Crippen LogP contribution in [0.25, 0.3) is 21.8 Å². The van der Waals surface area contributed by atoms with E-state index in [2.05, 4.69) is 18.8 Å². The van der Waals surface area contributed by atoms with Gasteiger partial charge in [0.1, 0.15) is 11.0 Å². The normalized spacial score (nSPS) is 12.0. The quantitative estimate of drug-likeness (QED) is 0.518. The van der Waals surface area contributed by atoms with E-state index in [1.165, 1.54) is 0 Å². The Morgan fingerprint density at radius 3 is 2.48 bits per heavy atom. The van der Waals surface area contributed by atoms with Crippen LogP contribution in [-0.2, 0) is 10.0 Å². The number of anilines is 2. The highest BCUT2D eigenvalue weighted by Crippen LogP contribution is 2.30. The van der Waals surface area contributed by atoms with Gasteiger partial charge >= 0.3 is 0 Å². The topological polar surface area (TPSA) is 84.0 Å². The fraction of sp³-hybridized carbons (Fsp3) is 0.158. The summed E-state index contributed by atoms with van der Waals surface area (Å²) in [4.78, 5) is 0.240. The number of hydrogen-bond donors (Lipinski definition) is 2. The smallest absolute Gasteiger partial charge is 0.262 e. The molecule has 4 aromatic rings. The molecular weight excluding hydrogens is 380 g/mol. The second-order valence-electron chi connectivity index (χ2n) is 6.53. The summed E-state index contributed by atoms with van der Waals surface area (Å²) in [5.41, 5.74) is 2.79. The Kier molecular flexibility index (Phi) is 4.45. The third kappa shape index (κ3) is 3.45. The molecule has 138 valence electrons. The van der Waals surface area contributed by atoms with Crippen LogP contribution in [-0.4, -0.2) is 23.2 Å². The maximum Gasteiger partial charge on any atom is 0.262 e. The number of fused-ring (bicyclic) bond motifs is 2. The summed E-state index contributed by atoms with van der Waals surface area (Å²) in [5.74, 6) is 0. The predicted molar refractivity (Wildman–Crippen MR) is 111 cm³/mol. The molecule has 0 amide bonds. The van der Waals surface area contributed by atoms with E-state index in [9.17, 15) is 8.42 Å². The lowest BCUT2D eigenvalue weighted by molar-refractivity contribution is 0.602. The maximum atomic E-state index is 13.1. The van der Waals surface area contributed by atoms with Crippen molar-refractivity contribution < 1.29 is 8.42 Å². The molecule has 2 N–H and O–H groups in total. The molecule has 8 heteroatoms. The Morgan fingerprint density at radius 1 is 0.926 bits per heavy atom. The van der Waals surface area contributed by atoms with E-state index in [-0.39, 0.29) is 10.9 Å². The molecule has 0 aliphatic rings. The minimum absolute atomic E-state index is 0.240. The molecular formula is C19H18N4O2S2. The monoisotopic (exact) mass is 398 g/mol. The molecule has 0 atom stereocenters. The zero-order valence-corrected chi connectivity index (χ0v) is 16.4. The van der Waals surface area contributed by atoms with Gasteiger partial charge < -0.3 is 5.32 Å². The SMILES string of the molecule is CC(C)Nc1cccc2c(S(=O)(=O)Nc3ccc4nsnc4c3)cccc12. The predicted octanol–water partition coefficient (Wildman–Crippen LogP) is 4.47. The number of aromatic nitrogens is 2. The van der Waals surface area contributed by atoms with Crippen LogP contribution >= 0.6 is 11.7 Å². The highest BCUT2D eigenvalue weighted by atomic mass is 32.2. The van der Waals surface area contributed by atoms with E-state index in [0.717, 1.165) is 28.3 Å². The first-order chi connectivity index (χ1) is 12.9. The van der Waals surface area contributed by atoms with Gasteiger partial charge in [-0.1, -0.05) is 24.3 Å². The molecule has 0 radical (unpaired) electrons. The standard InChI is InChI=1S/C19H18N4O2S2/c1-12(2)20-16-7-3-6-15-14(16)5-4-8-19(15)27(24,25)23-13-9-10-17-18(11-13)22-26-21-17/h3-12,20,23H,1-2H3. The van der Waals surface area contributed by atoms with Crippen LogP contribution < -0.4 is 10.0 Å². The summed E-state index contributed by atoms with van der Waals surface area (Å²) >= 11 is 1.10. The molecule has 27 heavy (non-hydrogen) atoms. The molecule has 0 bridgehead atoms. The van der Waals surface area contributed by atoms with E-state index in [1.54, 1.807) is 30.3 Å². The van der Waals surface area contributed by atoms with Gasteiger partial charge in [0.05, 0.1) is 22.3 Å². The first kappa shape index (κ1) is 17.7. The average Bonchev–Trinajstić information content (AvgIpc) is 3.08. The van der Waals surface area contributed by atoms with Crippen LogP contribution in [0.15, 0.2) is 59.5 Å². The number of nitrogens with one attached hydrogen (secondary N) is 2. The number of benzene rings is 3. The molecule has 3 aromatic carbocycles. The van der Waals surface area contributed by atoms with Crippen molar-refractivity contribution in [1.82, 2.24) is 8.75 Å². The molecule has 0 saturated heterocycles. The lowest BCUT2D eigenvalue weighted by Gasteiger charge is -2.15. The van der Waals surface area contributed by atoms with Gasteiger partial charge in [-0.05, 0) is 44.2 Å². The first-order valence-corrected chi connectivity index (χ1v) is 10.7. The van der Waals surface area contributed by atoms with Crippen molar-refractivity contribution in [3.63, 3.8) is 0 Å². The van der Waals surface area contributed by atoms with E-state index >= 15 is 0 Å². The van der Waals surface area contributed by atoms with Crippen molar-refractivity contribution in [2.45, 2.75) is 24.8 Å². The number of rotatable bonds is 5. The molecule has 0 unspecified atom stereocenters. The van der Waals surface area contributed by atoms with Crippen molar-refractivity contribution in [1.29, 1.82) is 0 Å². The third-order valence-corrected chi connectivity index (χ3v) is 6.12. The molecule has 0 fully saturated rings. The summed E-state index contributed by atoms with van der Waals surface area (Å²) < 4.78 is 37.1. The molecule has 6 nitrogen and oxygen atoms in total. The van der Waals surface area contributed by atoms with Crippen LogP contribution in [0.1, 0.15) is 13.8 Å². The van der Waals surface area contributed by atoms with Gasteiger partial charge in [0.2, 0.25) is 0 Å². The largest absolute Gasteiger partial charge is 0.382 e. The van der Waals surface area contributed by atoms with E-state index in [1.807, 2.05) is 38.1 Å². The second-order valence-corrected chi connectivity index (χ2v) is 8.71. The molecule has 0 aliphatic carbocycles. The Hall–Kier alpha value is -2.71. The van der Waals surface area contributed by atoms with Crippen LogP contribution in [0.5, 0.6) is 0 Å². The van der Waals surface area contributed by atoms with Crippen LogP contribution in [0, 0.1) is 0 Å². The van der Waals surface area contributed by atoms with Gasteiger partial charge in [0.15, 0.2) is 0 Å². The molecule has 0 saturated carbocycles. The number of hydrogen-bond acceptors (Lipinski definition) is 6. The minimum atomic E-state index is -3.76. The van der Waals surface area contributed by atoms with Crippen molar-refractivity contribution in [2.75, 3.05) is 10.0 Å². The number of nitrogens with zero attached hydrogens (tertiary/aromatic N) is 2. The lowest BCUT2D eigenvalue weighted by atomic mass is 10.1. The molecule has 4 rings (SSSR count). The van der Waals surface area contributed by atoms with Gasteiger partial charge in [-0.2, -0.15) is 8.75 Å². The zero-order valence-electron chi connectivity index (χ0n) is 14.8. The van der Waals surface area contributed by atoms with Crippen LogP contribution in [0.2, 0.25) is 0 Å². The summed E-state index contributed by atoms with van der Waals surface area (Å²) in [7, 11) is -3.76. The van der Waals surface area contributed by atoms with Gasteiger partial charge in [-0.25, -0.2) is 8.42 Å². The highest BCUT2D eigenvalue weighted by Gasteiger charge is 2.19. The van der Waals surface area contributed by atoms with Crippen molar-refractivity contribution in [2.24, 2.45) is 0 Å². The Balaban J connectivity index is 1.77. The van der Waals surface area contributed by atoms with Crippen molar-refractivity contribution >= 4 is 54.9 Å². The zero-order chi connectivity index (χ0) is 19.0. The van der Waals surface area contributed by atoms with E-state index in [0.29, 0.717) is 16.6 Å². The minimum Gasteiger partial charge on any atom is -0.382 e. The molecule has 1 aromatic heterocycles. The van der Waals surface area contributed by atoms with Gasteiger partial charge in [-0.3, -0.25) is 4.72 Å². The number of sulfonamides is 1. The third-order valence-electron chi connectivity index (χ3n) is 4.12. The summed E-state index contributed by atoms with van der Waals surface area (Å²) in [6.45, 7) is 4.09. The first-order valence-electron chi connectivity index (χ1n) is 8.47. The maximum absolute atomic E-state index is 13.1. The van der Waals surface area contributed by atoms with Crippen LogP contribution in [0.3, 0.4) is 0 Å². The highest BCUT2D eigenvalue weighted by molar-refractivity contribution is 7.93. The van der Waals surface area contributed by atoms with Crippen molar-refractivity contribution in [3.05, 3.63) is 54.6 Å². The molecule has 0 aliphatic heterocycles.